The highest BCUT2D eigenvalue weighted by Gasteiger charge is 2.14. The van der Waals surface area contributed by atoms with E-state index in [9.17, 15) is 4.79 Å². The molecular weight excluding hydrogens is 248 g/mol. The Kier molecular flexibility index (Phi) is 2.83. The number of imidazole rings is 1. The van der Waals surface area contributed by atoms with Gasteiger partial charge in [0.15, 0.2) is 11.5 Å². The Morgan fingerprint density at radius 3 is 3.05 bits per heavy atom. The third-order valence-corrected chi connectivity index (χ3v) is 2.89. The minimum atomic E-state index is -0.822. The quantitative estimate of drug-likeness (QED) is 0.904. The molecule has 0 bridgehead atoms. The maximum Gasteiger partial charge on any atom is 0.303 e. The van der Waals surface area contributed by atoms with E-state index in [4.69, 9.17) is 14.6 Å². The number of rotatable bonds is 4. The van der Waals surface area contributed by atoms with Crippen molar-refractivity contribution in [2.24, 2.45) is 0 Å². The summed E-state index contributed by atoms with van der Waals surface area (Å²) in [5.41, 5.74) is 1.65. The van der Waals surface area contributed by atoms with Gasteiger partial charge in [0.25, 0.3) is 0 Å². The number of fused-ring (bicyclic) bond motifs is 1. The number of carboxylic acids is 1. The van der Waals surface area contributed by atoms with Crippen molar-refractivity contribution in [1.29, 1.82) is 0 Å². The van der Waals surface area contributed by atoms with Crippen LogP contribution in [0, 0.1) is 0 Å². The number of ether oxygens (including phenoxy) is 2. The van der Waals surface area contributed by atoms with Gasteiger partial charge in [0.05, 0.1) is 24.1 Å². The van der Waals surface area contributed by atoms with Crippen LogP contribution in [0.15, 0.2) is 30.7 Å². The summed E-state index contributed by atoms with van der Waals surface area (Å²) >= 11 is 0. The van der Waals surface area contributed by atoms with Crippen molar-refractivity contribution in [3.05, 3.63) is 36.4 Å². The van der Waals surface area contributed by atoms with E-state index in [1.165, 1.54) is 0 Å². The molecule has 6 nitrogen and oxygen atoms in total. The van der Waals surface area contributed by atoms with Crippen molar-refractivity contribution in [1.82, 2.24) is 9.55 Å². The minimum absolute atomic E-state index is 0.0815. The molecule has 1 aliphatic rings. The molecule has 0 amide bonds. The van der Waals surface area contributed by atoms with Crippen molar-refractivity contribution >= 4 is 5.97 Å². The predicted molar refractivity (Wildman–Crippen MR) is 65.6 cm³/mol. The van der Waals surface area contributed by atoms with Gasteiger partial charge in [-0.05, 0) is 12.1 Å². The average molecular weight is 260 g/mol. The molecule has 0 radical (unpaired) electrons. The first-order valence-corrected chi connectivity index (χ1v) is 5.87. The highest BCUT2D eigenvalue weighted by Crippen LogP contribution is 2.33. The van der Waals surface area contributed by atoms with Crippen molar-refractivity contribution < 1.29 is 19.4 Å². The molecule has 0 aliphatic carbocycles. The number of carboxylic acid groups (broad SMARTS) is 1. The van der Waals surface area contributed by atoms with E-state index in [0.29, 0.717) is 12.2 Å². The van der Waals surface area contributed by atoms with Crippen LogP contribution in [0.2, 0.25) is 0 Å². The van der Waals surface area contributed by atoms with Crippen molar-refractivity contribution in [3.8, 4) is 17.2 Å². The monoisotopic (exact) mass is 260 g/mol. The molecule has 3 rings (SSSR count). The number of benzene rings is 1. The molecular formula is C13H12N2O4. The summed E-state index contributed by atoms with van der Waals surface area (Å²) in [6, 6.07) is 5.61. The lowest BCUT2D eigenvalue weighted by atomic mass is 10.2. The molecule has 2 aromatic rings. The number of aryl methyl sites for hydroxylation is 1. The Balaban J connectivity index is 1.80. The normalized spacial score (nSPS) is 12.6. The fraction of sp³-hybridized carbons (Fsp3) is 0.231. The molecule has 0 atom stereocenters. The van der Waals surface area contributed by atoms with Crippen molar-refractivity contribution in [2.75, 3.05) is 6.79 Å². The maximum absolute atomic E-state index is 10.5. The maximum atomic E-state index is 10.5. The van der Waals surface area contributed by atoms with Crippen LogP contribution in [0.5, 0.6) is 11.5 Å². The topological polar surface area (TPSA) is 73.6 Å². The van der Waals surface area contributed by atoms with Gasteiger partial charge in [0, 0.05) is 18.7 Å². The van der Waals surface area contributed by atoms with E-state index >= 15 is 0 Å². The van der Waals surface area contributed by atoms with Crippen LogP contribution in [0.4, 0.5) is 0 Å². The van der Waals surface area contributed by atoms with Crippen LogP contribution in [0.25, 0.3) is 5.69 Å². The fourth-order valence-corrected chi connectivity index (χ4v) is 1.91. The standard InChI is InChI=1S/C13H12N2O4/c16-13(17)4-1-9-6-15(7-14-9)10-2-3-11-12(5-10)19-8-18-11/h2-3,5-7H,1,4,8H2,(H,16,17). The lowest BCUT2D eigenvalue weighted by Crippen LogP contribution is -1.97. The first-order valence-electron chi connectivity index (χ1n) is 5.87. The van der Waals surface area contributed by atoms with Gasteiger partial charge in [0.1, 0.15) is 0 Å². The summed E-state index contributed by atoms with van der Waals surface area (Å²) in [6.07, 6.45) is 3.99. The lowest BCUT2D eigenvalue weighted by molar-refractivity contribution is -0.136. The van der Waals surface area contributed by atoms with Gasteiger partial charge in [-0.3, -0.25) is 4.79 Å². The van der Waals surface area contributed by atoms with Crippen LogP contribution >= 0.6 is 0 Å². The van der Waals surface area contributed by atoms with Gasteiger partial charge in [0.2, 0.25) is 6.79 Å². The molecule has 6 heteroatoms. The second-order valence-electron chi connectivity index (χ2n) is 4.20. The Morgan fingerprint density at radius 1 is 1.37 bits per heavy atom. The van der Waals surface area contributed by atoms with E-state index in [0.717, 1.165) is 17.1 Å². The van der Waals surface area contributed by atoms with Gasteiger partial charge in [-0.1, -0.05) is 0 Å². The van der Waals surface area contributed by atoms with Gasteiger partial charge >= 0.3 is 5.97 Å². The molecule has 0 fully saturated rings. The third kappa shape index (κ3) is 2.37. The summed E-state index contributed by atoms with van der Waals surface area (Å²) in [5, 5.41) is 8.64. The van der Waals surface area contributed by atoms with Crippen LogP contribution in [-0.2, 0) is 11.2 Å². The molecule has 98 valence electrons. The zero-order chi connectivity index (χ0) is 13.2. The Bertz CT molecular complexity index is 621. The number of nitrogens with zero attached hydrogens (tertiary/aromatic N) is 2. The van der Waals surface area contributed by atoms with Crippen LogP contribution in [-0.4, -0.2) is 27.4 Å². The summed E-state index contributed by atoms with van der Waals surface area (Å²) in [5.74, 6) is 0.617. The van der Waals surface area contributed by atoms with Crippen LogP contribution < -0.4 is 9.47 Å². The first kappa shape index (κ1) is 11.6. The molecule has 2 heterocycles. The predicted octanol–water partition coefficient (Wildman–Crippen LogP) is 1.62. The van der Waals surface area contributed by atoms with Crippen LogP contribution in [0.1, 0.15) is 12.1 Å². The summed E-state index contributed by atoms with van der Waals surface area (Å²) in [6.45, 7) is 0.243. The molecule has 1 N–H and O–H groups in total. The number of aromatic nitrogens is 2. The largest absolute Gasteiger partial charge is 0.481 e. The van der Waals surface area contributed by atoms with E-state index < -0.39 is 5.97 Å². The first-order chi connectivity index (χ1) is 9.22. The Morgan fingerprint density at radius 2 is 2.21 bits per heavy atom. The molecule has 1 aromatic carbocycles. The smallest absolute Gasteiger partial charge is 0.303 e. The second kappa shape index (κ2) is 4.64. The number of carbonyl (C=O) groups is 1. The van der Waals surface area contributed by atoms with Gasteiger partial charge < -0.3 is 19.1 Å². The number of aliphatic carboxylic acids is 1. The molecule has 1 aromatic heterocycles. The molecule has 0 unspecified atom stereocenters. The SMILES string of the molecule is O=C(O)CCc1cn(-c2ccc3c(c2)OCO3)cn1. The van der Waals surface area contributed by atoms with Crippen molar-refractivity contribution in [3.63, 3.8) is 0 Å². The van der Waals surface area contributed by atoms with Gasteiger partial charge in [-0.25, -0.2) is 4.98 Å². The zero-order valence-corrected chi connectivity index (χ0v) is 10.1. The lowest BCUT2D eigenvalue weighted by Gasteiger charge is -2.03. The Labute approximate surface area is 109 Å². The van der Waals surface area contributed by atoms with E-state index in [2.05, 4.69) is 4.98 Å². The van der Waals surface area contributed by atoms with Crippen molar-refractivity contribution in [2.45, 2.75) is 12.8 Å². The third-order valence-electron chi connectivity index (χ3n) is 2.89. The summed E-state index contributed by atoms with van der Waals surface area (Å²) < 4.78 is 12.4. The minimum Gasteiger partial charge on any atom is -0.481 e. The molecule has 0 saturated heterocycles. The average Bonchev–Trinajstić information content (AvgIpc) is 3.04. The summed E-state index contributed by atoms with van der Waals surface area (Å²) in [4.78, 5) is 14.7. The second-order valence-corrected chi connectivity index (χ2v) is 4.20. The van der Waals surface area contributed by atoms with Gasteiger partial charge in [-0.15, -0.1) is 0 Å². The zero-order valence-electron chi connectivity index (χ0n) is 10.1. The molecule has 1 aliphatic heterocycles. The Hall–Kier alpha value is -2.50. The van der Waals surface area contributed by atoms with E-state index in [-0.39, 0.29) is 13.2 Å². The molecule has 19 heavy (non-hydrogen) atoms. The number of hydrogen-bond donors (Lipinski definition) is 1. The highest BCUT2D eigenvalue weighted by molar-refractivity contribution is 5.66. The van der Waals surface area contributed by atoms with E-state index in [1.54, 1.807) is 6.33 Å². The van der Waals surface area contributed by atoms with Crippen LogP contribution in [0.3, 0.4) is 0 Å². The van der Waals surface area contributed by atoms with E-state index in [1.807, 2.05) is 29.0 Å². The fourth-order valence-electron chi connectivity index (χ4n) is 1.91. The number of hydrogen-bond acceptors (Lipinski definition) is 4. The highest BCUT2D eigenvalue weighted by atomic mass is 16.7. The summed E-state index contributed by atoms with van der Waals surface area (Å²) in [7, 11) is 0. The van der Waals surface area contributed by atoms with Gasteiger partial charge in [-0.2, -0.15) is 0 Å². The molecule has 0 spiro atoms. The molecule has 0 saturated carbocycles.